The van der Waals surface area contributed by atoms with Gasteiger partial charge in [0, 0.05) is 11.2 Å². The van der Waals surface area contributed by atoms with Gasteiger partial charge in [0.05, 0.1) is 23.9 Å². The lowest BCUT2D eigenvalue weighted by Gasteiger charge is -2.13. The summed E-state index contributed by atoms with van der Waals surface area (Å²) in [6, 6.07) is 10.6. The highest BCUT2D eigenvalue weighted by molar-refractivity contribution is 6.35. The number of aromatic nitrogens is 2. The molecule has 0 aliphatic carbocycles. The van der Waals surface area contributed by atoms with E-state index in [1.54, 1.807) is 31.2 Å². The second-order valence-electron chi connectivity index (χ2n) is 5.70. The van der Waals surface area contributed by atoms with Crippen LogP contribution < -0.4 is 5.56 Å². The molecule has 0 bridgehead atoms. The minimum atomic E-state index is -0.737. The lowest BCUT2D eigenvalue weighted by atomic mass is 10.2. The molecule has 0 radical (unpaired) electrons. The van der Waals surface area contributed by atoms with Gasteiger partial charge in [-0.25, -0.2) is 13.9 Å². The van der Waals surface area contributed by atoms with E-state index in [2.05, 4.69) is 0 Å². The van der Waals surface area contributed by atoms with Crippen LogP contribution in [0.3, 0.4) is 0 Å². The summed E-state index contributed by atoms with van der Waals surface area (Å²) in [5, 5.41) is 0.643. The Morgan fingerprint density at radius 1 is 1.19 bits per heavy atom. The average Bonchev–Trinajstić information content (AvgIpc) is 2.92. The van der Waals surface area contributed by atoms with Crippen molar-refractivity contribution in [3.8, 4) is 5.69 Å². The van der Waals surface area contributed by atoms with Crippen LogP contribution in [0.5, 0.6) is 0 Å². The summed E-state index contributed by atoms with van der Waals surface area (Å²) in [5.74, 6) is -1.14. The van der Waals surface area contributed by atoms with Gasteiger partial charge in [-0.1, -0.05) is 35.3 Å². The molecule has 1 heterocycles. The van der Waals surface area contributed by atoms with Gasteiger partial charge in [0.25, 0.3) is 5.56 Å². The van der Waals surface area contributed by atoms with Gasteiger partial charge in [-0.2, -0.15) is 0 Å². The quantitative estimate of drug-likeness (QED) is 0.591. The molecule has 2 aromatic carbocycles. The molecule has 0 amide bonds. The normalized spacial score (nSPS) is 10.8. The van der Waals surface area contributed by atoms with E-state index >= 15 is 0 Å². The maximum atomic E-state index is 13.5. The number of ether oxygens (including phenoxy) is 1. The van der Waals surface area contributed by atoms with Crippen molar-refractivity contribution in [3.05, 3.63) is 86.0 Å². The highest BCUT2D eigenvalue weighted by Gasteiger charge is 2.21. The van der Waals surface area contributed by atoms with Crippen LogP contribution >= 0.6 is 23.2 Å². The summed E-state index contributed by atoms with van der Waals surface area (Å²) >= 11 is 12.2. The molecule has 8 heteroatoms. The van der Waals surface area contributed by atoms with Crippen LogP contribution in [-0.4, -0.2) is 21.9 Å². The zero-order valence-corrected chi connectivity index (χ0v) is 15.8. The van der Waals surface area contributed by atoms with Gasteiger partial charge in [0.1, 0.15) is 11.4 Å². The topological polar surface area (TPSA) is 53.2 Å². The zero-order valence-electron chi connectivity index (χ0n) is 14.3. The molecule has 0 N–H and O–H groups in total. The van der Waals surface area contributed by atoms with Crippen LogP contribution in [0.15, 0.2) is 53.5 Å². The van der Waals surface area contributed by atoms with Gasteiger partial charge in [-0.15, -0.1) is 0 Å². The lowest BCUT2D eigenvalue weighted by molar-refractivity contribution is 0.0524. The predicted octanol–water partition coefficient (Wildman–Crippen LogP) is 4.31. The number of benzene rings is 2. The maximum absolute atomic E-state index is 13.5. The van der Waals surface area contributed by atoms with E-state index in [4.69, 9.17) is 27.9 Å². The fourth-order valence-electron chi connectivity index (χ4n) is 2.68. The number of hydrogen-bond acceptors (Lipinski definition) is 3. The van der Waals surface area contributed by atoms with Gasteiger partial charge in [-0.3, -0.25) is 9.48 Å². The number of esters is 1. The average molecular weight is 409 g/mol. The summed E-state index contributed by atoms with van der Waals surface area (Å²) < 4.78 is 21.2. The summed E-state index contributed by atoms with van der Waals surface area (Å²) in [4.78, 5) is 25.0. The summed E-state index contributed by atoms with van der Waals surface area (Å²) in [6.07, 6.45) is 1.37. The Morgan fingerprint density at radius 2 is 1.96 bits per heavy atom. The molecule has 0 unspecified atom stereocenters. The van der Waals surface area contributed by atoms with Gasteiger partial charge in [-0.05, 0) is 42.8 Å². The number of nitrogens with zero attached hydrogens (tertiary/aromatic N) is 2. The van der Waals surface area contributed by atoms with E-state index in [-0.39, 0.29) is 23.7 Å². The molecular weight excluding hydrogens is 394 g/mol. The molecule has 27 heavy (non-hydrogen) atoms. The van der Waals surface area contributed by atoms with Crippen molar-refractivity contribution >= 4 is 29.2 Å². The van der Waals surface area contributed by atoms with E-state index in [9.17, 15) is 14.0 Å². The number of carbonyl (C=O) groups is 1. The molecule has 0 saturated heterocycles. The van der Waals surface area contributed by atoms with Crippen molar-refractivity contribution in [3.63, 3.8) is 0 Å². The van der Waals surface area contributed by atoms with Gasteiger partial charge >= 0.3 is 5.97 Å². The monoisotopic (exact) mass is 408 g/mol. The Balaban J connectivity index is 2.17. The molecule has 3 aromatic rings. The molecule has 3 rings (SSSR count). The summed E-state index contributed by atoms with van der Waals surface area (Å²) in [5.41, 5.74) is 0.227. The first-order valence-corrected chi connectivity index (χ1v) is 8.85. The Hall–Kier alpha value is -2.57. The third-order valence-corrected chi connectivity index (χ3v) is 4.36. The second kappa shape index (κ2) is 7.98. The SMILES string of the molecule is CCOC(=O)c1cn(Cc2cccc(F)c2)n(-c2ccc(Cl)cc2Cl)c1=O. The van der Waals surface area contributed by atoms with E-state index in [0.717, 1.165) is 0 Å². The third-order valence-electron chi connectivity index (χ3n) is 3.82. The fraction of sp³-hybridized carbons (Fsp3) is 0.158. The van der Waals surface area contributed by atoms with Gasteiger partial charge < -0.3 is 4.74 Å². The van der Waals surface area contributed by atoms with Gasteiger partial charge in [0.2, 0.25) is 0 Å². The van der Waals surface area contributed by atoms with Crippen molar-refractivity contribution < 1.29 is 13.9 Å². The van der Waals surface area contributed by atoms with E-state index in [1.165, 1.54) is 33.8 Å². The molecule has 0 fully saturated rings. The minimum absolute atomic E-state index is 0.134. The summed E-state index contributed by atoms with van der Waals surface area (Å²) in [6.45, 7) is 1.93. The zero-order chi connectivity index (χ0) is 19.6. The molecule has 0 spiro atoms. The molecular formula is C19H15Cl2FN2O3. The molecule has 0 saturated carbocycles. The van der Waals surface area contributed by atoms with Crippen LogP contribution in [0, 0.1) is 5.82 Å². The summed E-state index contributed by atoms with van der Waals surface area (Å²) in [7, 11) is 0. The number of halogens is 3. The van der Waals surface area contributed by atoms with Crippen LogP contribution in [0.1, 0.15) is 22.8 Å². The third kappa shape index (κ3) is 4.07. The Kier molecular flexibility index (Phi) is 5.68. The van der Waals surface area contributed by atoms with Crippen molar-refractivity contribution in [2.75, 3.05) is 6.61 Å². The second-order valence-corrected chi connectivity index (χ2v) is 6.55. The number of hydrogen-bond donors (Lipinski definition) is 0. The standard InChI is InChI=1S/C19H15Cl2FN2O3/c1-2-27-19(26)15-11-23(10-12-4-3-5-14(22)8-12)24(18(15)25)17-7-6-13(20)9-16(17)21/h3-9,11H,2,10H2,1H3. The van der Waals surface area contributed by atoms with Gasteiger partial charge in [0.15, 0.2) is 0 Å². The largest absolute Gasteiger partial charge is 0.462 e. The molecule has 0 aliphatic rings. The number of carbonyl (C=O) groups excluding carboxylic acids is 1. The van der Waals surface area contributed by atoms with Crippen molar-refractivity contribution in [1.29, 1.82) is 0 Å². The first kappa shape index (κ1) is 19.2. The van der Waals surface area contributed by atoms with Crippen LogP contribution in [0.2, 0.25) is 10.0 Å². The molecule has 0 atom stereocenters. The minimum Gasteiger partial charge on any atom is -0.462 e. The van der Waals surface area contributed by atoms with E-state index < -0.39 is 17.3 Å². The Morgan fingerprint density at radius 3 is 2.63 bits per heavy atom. The smallest absolute Gasteiger partial charge is 0.345 e. The van der Waals surface area contributed by atoms with E-state index in [1.807, 2.05) is 0 Å². The molecule has 140 valence electrons. The van der Waals surface area contributed by atoms with Crippen molar-refractivity contribution in [2.45, 2.75) is 13.5 Å². The highest BCUT2D eigenvalue weighted by atomic mass is 35.5. The lowest BCUT2D eigenvalue weighted by Crippen LogP contribution is -2.25. The Labute approximate surface area is 164 Å². The van der Waals surface area contributed by atoms with Crippen LogP contribution in [0.4, 0.5) is 4.39 Å². The fourth-order valence-corrected chi connectivity index (χ4v) is 3.17. The van der Waals surface area contributed by atoms with Crippen LogP contribution in [0.25, 0.3) is 5.69 Å². The first-order valence-electron chi connectivity index (χ1n) is 8.10. The molecule has 5 nitrogen and oxygen atoms in total. The number of rotatable bonds is 5. The maximum Gasteiger partial charge on any atom is 0.345 e. The van der Waals surface area contributed by atoms with Crippen molar-refractivity contribution in [1.82, 2.24) is 9.36 Å². The highest BCUT2D eigenvalue weighted by Crippen LogP contribution is 2.24. The van der Waals surface area contributed by atoms with Crippen LogP contribution in [-0.2, 0) is 11.3 Å². The first-order chi connectivity index (χ1) is 12.9. The molecule has 0 aliphatic heterocycles. The molecule has 1 aromatic heterocycles. The van der Waals surface area contributed by atoms with E-state index in [0.29, 0.717) is 16.3 Å². The predicted molar refractivity (Wildman–Crippen MR) is 102 cm³/mol. The Bertz CT molecular complexity index is 1060. The van der Waals surface area contributed by atoms with Crippen molar-refractivity contribution in [2.24, 2.45) is 0 Å².